The highest BCUT2D eigenvalue weighted by Crippen LogP contribution is 2.18. The lowest BCUT2D eigenvalue weighted by atomic mass is 10.1. The summed E-state index contributed by atoms with van der Waals surface area (Å²) in [5, 5.41) is 11.3. The third-order valence-electron chi connectivity index (χ3n) is 4.73. The van der Waals surface area contributed by atoms with Crippen LogP contribution in [0.2, 0.25) is 0 Å². The van der Waals surface area contributed by atoms with E-state index < -0.39 is 0 Å². The smallest absolute Gasteiger partial charge is 0.191 e. The van der Waals surface area contributed by atoms with Gasteiger partial charge in [0.1, 0.15) is 17.6 Å². The maximum atomic E-state index is 5.93. The van der Waals surface area contributed by atoms with Crippen LogP contribution in [0.15, 0.2) is 29.3 Å². The maximum absolute atomic E-state index is 5.93. The largest absolute Gasteiger partial charge is 0.497 e. The van der Waals surface area contributed by atoms with Crippen molar-refractivity contribution in [1.82, 2.24) is 20.4 Å². The number of methoxy groups -OCH3 is 1. The molecule has 2 atom stereocenters. The maximum Gasteiger partial charge on any atom is 0.191 e. The minimum Gasteiger partial charge on any atom is -0.497 e. The highest BCUT2D eigenvalue weighted by Gasteiger charge is 2.14. The van der Waals surface area contributed by atoms with Crippen molar-refractivity contribution in [3.8, 4) is 11.5 Å². The fraction of sp³-hybridized carbons (Fsp3) is 0.524. The summed E-state index contributed by atoms with van der Waals surface area (Å²) < 4.78 is 13.0. The Morgan fingerprint density at radius 3 is 2.36 bits per heavy atom. The second-order valence-corrected chi connectivity index (χ2v) is 7.08. The number of hydrogen-bond acceptors (Lipinski definition) is 4. The van der Waals surface area contributed by atoms with E-state index in [0.717, 1.165) is 29.6 Å². The molecule has 154 valence electrons. The fourth-order valence-electron chi connectivity index (χ4n) is 3.07. The summed E-state index contributed by atoms with van der Waals surface area (Å²) in [5.74, 6) is 2.39. The van der Waals surface area contributed by atoms with Crippen LogP contribution in [0.25, 0.3) is 0 Å². The number of ether oxygens (including phenoxy) is 2. The Morgan fingerprint density at radius 2 is 1.82 bits per heavy atom. The summed E-state index contributed by atoms with van der Waals surface area (Å²) >= 11 is 0. The lowest BCUT2D eigenvalue weighted by Crippen LogP contribution is -2.45. The van der Waals surface area contributed by atoms with Crippen LogP contribution >= 0.6 is 0 Å². The molecular formula is C21H33N5O2. The van der Waals surface area contributed by atoms with Crippen LogP contribution < -0.4 is 20.1 Å². The van der Waals surface area contributed by atoms with Crippen molar-refractivity contribution >= 4 is 5.96 Å². The second-order valence-electron chi connectivity index (χ2n) is 7.08. The van der Waals surface area contributed by atoms with Gasteiger partial charge >= 0.3 is 0 Å². The molecule has 0 aliphatic rings. The van der Waals surface area contributed by atoms with E-state index >= 15 is 0 Å². The van der Waals surface area contributed by atoms with Gasteiger partial charge in [0.2, 0.25) is 0 Å². The first-order valence-corrected chi connectivity index (χ1v) is 9.61. The van der Waals surface area contributed by atoms with Gasteiger partial charge in [-0.1, -0.05) is 0 Å². The molecular weight excluding hydrogens is 354 g/mol. The Balaban J connectivity index is 1.82. The molecule has 0 saturated heterocycles. The molecule has 2 unspecified atom stereocenters. The zero-order valence-corrected chi connectivity index (χ0v) is 18.0. The number of nitrogens with zero attached hydrogens (tertiary/aromatic N) is 3. The average Bonchev–Trinajstić information content (AvgIpc) is 2.91. The zero-order valence-electron chi connectivity index (χ0n) is 18.0. The van der Waals surface area contributed by atoms with Gasteiger partial charge in [-0.25, -0.2) is 0 Å². The van der Waals surface area contributed by atoms with Gasteiger partial charge in [0.25, 0.3) is 0 Å². The molecule has 28 heavy (non-hydrogen) atoms. The summed E-state index contributed by atoms with van der Waals surface area (Å²) in [5.41, 5.74) is 3.57. The van der Waals surface area contributed by atoms with E-state index in [-0.39, 0.29) is 12.1 Å². The van der Waals surface area contributed by atoms with Crippen molar-refractivity contribution in [2.75, 3.05) is 20.7 Å². The van der Waals surface area contributed by atoms with E-state index in [1.807, 2.05) is 42.9 Å². The molecule has 0 spiro atoms. The lowest BCUT2D eigenvalue weighted by molar-refractivity contribution is 0.223. The zero-order chi connectivity index (χ0) is 20.7. The SMILES string of the molecule is CN=C(NCC(C)Oc1ccc(OC)cc1)NC(C)Cc1c(C)nn(C)c1C. The highest BCUT2D eigenvalue weighted by molar-refractivity contribution is 5.80. The fourth-order valence-corrected chi connectivity index (χ4v) is 3.07. The van der Waals surface area contributed by atoms with Crippen LogP contribution in [0.1, 0.15) is 30.8 Å². The molecule has 2 rings (SSSR count). The second kappa shape index (κ2) is 10.0. The van der Waals surface area contributed by atoms with E-state index in [1.165, 1.54) is 11.3 Å². The molecule has 0 fully saturated rings. The van der Waals surface area contributed by atoms with Gasteiger partial charge in [-0.05, 0) is 63.9 Å². The van der Waals surface area contributed by atoms with Crippen LogP contribution in [-0.4, -0.2) is 48.6 Å². The quantitative estimate of drug-likeness (QED) is 0.538. The summed E-state index contributed by atoms with van der Waals surface area (Å²) in [7, 11) is 5.41. The summed E-state index contributed by atoms with van der Waals surface area (Å²) in [6.07, 6.45) is 0.884. The molecule has 0 amide bonds. The molecule has 0 bridgehead atoms. The molecule has 2 N–H and O–H groups in total. The van der Waals surface area contributed by atoms with E-state index in [1.54, 1.807) is 14.2 Å². The van der Waals surface area contributed by atoms with Crippen molar-refractivity contribution in [3.63, 3.8) is 0 Å². The molecule has 2 aromatic rings. The van der Waals surface area contributed by atoms with Gasteiger partial charge in [0.05, 0.1) is 19.3 Å². The van der Waals surface area contributed by atoms with Crippen LogP contribution in [-0.2, 0) is 13.5 Å². The summed E-state index contributed by atoms with van der Waals surface area (Å²) in [6, 6.07) is 7.82. The van der Waals surface area contributed by atoms with E-state index in [4.69, 9.17) is 9.47 Å². The number of aryl methyl sites for hydroxylation is 2. The standard InChI is InChI=1S/C21H33N5O2/c1-14(12-20-16(3)25-26(6)17(20)4)24-21(22-5)23-13-15(2)28-19-10-8-18(27-7)9-11-19/h8-11,14-15H,12-13H2,1-7H3,(H2,22,23,24). The van der Waals surface area contributed by atoms with Gasteiger partial charge in [0.15, 0.2) is 5.96 Å². The topological polar surface area (TPSA) is 72.7 Å². The van der Waals surface area contributed by atoms with Gasteiger partial charge in [0, 0.05) is 25.8 Å². The Kier molecular flexibility index (Phi) is 7.72. The predicted octanol–water partition coefficient (Wildman–Crippen LogP) is 2.61. The third-order valence-corrected chi connectivity index (χ3v) is 4.73. The number of rotatable bonds is 8. The van der Waals surface area contributed by atoms with Crippen molar-refractivity contribution in [2.45, 2.75) is 46.3 Å². The minimum absolute atomic E-state index is 0.00920. The van der Waals surface area contributed by atoms with Crippen molar-refractivity contribution in [3.05, 3.63) is 41.2 Å². The number of aromatic nitrogens is 2. The third kappa shape index (κ3) is 5.90. The summed E-state index contributed by atoms with van der Waals surface area (Å²) in [6.45, 7) is 8.98. The van der Waals surface area contributed by atoms with Gasteiger partial charge < -0.3 is 20.1 Å². The predicted molar refractivity (Wildman–Crippen MR) is 113 cm³/mol. The molecule has 0 aliphatic carbocycles. The van der Waals surface area contributed by atoms with Crippen LogP contribution in [0.5, 0.6) is 11.5 Å². The Bertz CT molecular complexity index is 783. The first-order chi connectivity index (χ1) is 13.3. The molecule has 0 saturated carbocycles. The first-order valence-electron chi connectivity index (χ1n) is 9.61. The molecule has 1 heterocycles. The number of aliphatic imine (C=N–C) groups is 1. The Morgan fingerprint density at radius 1 is 1.18 bits per heavy atom. The minimum atomic E-state index is -0.00920. The van der Waals surface area contributed by atoms with Crippen molar-refractivity contribution in [1.29, 1.82) is 0 Å². The van der Waals surface area contributed by atoms with Crippen LogP contribution in [0.4, 0.5) is 0 Å². The van der Waals surface area contributed by atoms with E-state index in [2.05, 4.69) is 41.5 Å². The molecule has 0 radical (unpaired) electrons. The number of hydrogen-bond donors (Lipinski definition) is 2. The van der Waals surface area contributed by atoms with Crippen molar-refractivity contribution < 1.29 is 9.47 Å². The van der Waals surface area contributed by atoms with Crippen molar-refractivity contribution in [2.24, 2.45) is 12.0 Å². The van der Waals surface area contributed by atoms with E-state index in [0.29, 0.717) is 6.54 Å². The molecule has 7 nitrogen and oxygen atoms in total. The van der Waals surface area contributed by atoms with Gasteiger partial charge in [-0.15, -0.1) is 0 Å². The first kappa shape index (κ1) is 21.6. The molecule has 1 aromatic carbocycles. The van der Waals surface area contributed by atoms with Crippen LogP contribution in [0.3, 0.4) is 0 Å². The Hall–Kier alpha value is -2.70. The molecule has 1 aromatic heterocycles. The van der Waals surface area contributed by atoms with E-state index in [9.17, 15) is 0 Å². The van der Waals surface area contributed by atoms with Gasteiger partial charge in [-0.2, -0.15) is 5.10 Å². The van der Waals surface area contributed by atoms with Gasteiger partial charge in [-0.3, -0.25) is 9.67 Å². The molecule has 0 aliphatic heterocycles. The average molecular weight is 388 g/mol. The highest BCUT2D eigenvalue weighted by atomic mass is 16.5. The number of nitrogens with one attached hydrogen (secondary N) is 2. The number of guanidine groups is 1. The Labute approximate surface area is 168 Å². The van der Waals surface area contributed by atoms with Crippen LogP contribution in [0, 0.1) is 13.8 Å². The summed E-state index contributed by atoms with van der Waals surface area (Å²) in [4.78, 5) is 4.32. The molecule has 7 heteroatoms. The number of benzene rings is 1. The normalized spacial score (nSPS) is 13.8. The lowest BCUT2D eigenvalue weighted by Gasteiger charge is -2.21. The monoisotopic (exact) mass is 387 g/mol.